The molecule has 1 aromatic carbocycles. The fraction of sp³-hybridized carbons (Fsp3) is 0.429. The van der Waals surface area contributed by atoms with E-state index in [0.29, 0.717) is 6.54 Å². The zero-order valence-electron chi connectivity index (χ0n) is 11.3. The van der Waals surface area contributed by atoms with Gasteiger partial charge in [0.05, 0.1) is 23.8 Å². The van der Waals surface area contributed by atoms with Gasteiger partial charge < -0.3 is 14.6 Å². The van der Waals surface area contributed by atoms with Crippen LogP contribution in [-0.4, -0.2) is 45.7 Å². The third kappa shape index (κ3) is 3.54. The highest BCUT2D eigenvalue weighted by Crippen LogP contribution is 2.14. The lowest BCUT2D eigenvalue weighted by Gasteiger charge is -2.15. The summed E-state index contributed by atoms with van der Waals surface area (Å²) in [7, 11) is 3.93. The van der Waals surface area contributed by atoms with Crippen molar-refractivity contribution in [1.82, 2.24) is 14.5 Å². The molecule has 0 saturated carbocycles. The van der Waals surface area contributed by atoms with Crippen molar-refractivity contribution >= 4 is 17.0 Å². The fourth-order valence-corrected chi connectivity index (χ4v) is 2.06. The molecule has 1 heterocycles. The van der Waals surface area contributed by atoms with E-state index in [2.05, 4.69) is 23.2 Å². The summed E-state index contributed by atoms with van der Waals surface area (Å²) >= 11 is 0. The van der Waals surface area contributed by atoms with E-state index in [4.69, 9.17) is 5.11 Å². The van der Waals surface area contributed by atoms with Gasteiger partial charge in [-0.15, -0.1) is 0 Å². The Morgan fingerprint density at radius 2 is 2.21 bits per heavy atom. The maximum atomic E-state index is 10.5. The quantitative estimate of drug-likeness (QED) is 0.856. The van der Waals surface area contributed by atoms with E-state index in [0.717, 1.165) is 24.0 Å². The third-order valence-electron chi connectivity index (χ3n) is 3.28. The van der Waals surface area contributed by atoms with Gasteiger partial charge in [0.15, 0.2) is 0 Å². The van der Waals surface area contributed by atoms with Crippen LogP contribution >= 0.6 is 0 Å². The first-order valence-electron chi connectivity index (χ1n) is 6.36. The van der Waals surface area contributed by atoms with Gasteiger partial charge in [-0.1, -0.05) is 6.07 Å². The minimum absolute atomic E-state index is 0.190. The van der Waals surface area contributed by atoms with E-state index in [1.165, 1.54) is 5.56 Å². The number of carboxylic acids is 1. The number of rotatable bonds is 6. The van der Waals surface area contributed by atoms with Gasteiger partial charge in [0.25, 0.3) is 0 Å². The lowest BCUT2D eigenvalue weighted by atomic mass is 10.1. The molecule has 1 aromatic heterocycles. The summed E-state index contributed by atoms with van der Waals surface area (Å²) in [5, 5.41) is 8.63. The maximum Gasteiger partial charge on any atom is 0.304 e. The number of aromatic nitrogens is 2. The molecule has 0 aliphatic carbocycles. The Morgan fingerprint density at radius 3 is 2.95 bits per heavy atom. The summed E-state index contributed by atoms with van der Waals surface area (Å²) in [6.07, 6.45) is 2.91. The number of hydrogen-bond acceptors (Lipinski definition) is 3. The monoisotopic (exact) mass is 261 g/mol. The average Bonchev–Trinajstić information content (AvgIpc) is 2.75. The van der Waals surface area contributed by atoms with Crippen LogP contribution in [0.15, 0.2) is 24.5 Å². The van der Waals surface area contributed by atoms with Crippen LogP contribution < -0.4 is 0 Å². The number of aryl methyl sites for hydroxylation is 1. The highest BCUT2D eigenvalue weighted by Gasteiger charge is 2.05. The molecular weight excluding hydrogens is 242 g/mol. The molecule has 5 heteroatoms. The summed E-state index contributed by atoms with van der Waals surface area (Å²) in [6, 6.07) is 6.28. The van der Waals surface area contributed by atoms with Gasteiger partial charge in [0.2, 0.25) is 0 Å². The van der Waals surface area contributed by atoms with E-state index < -0.39 is 5.97 Å². The number of nitrogens with zero attached hydrogens (tertiary/aromatic N) is 3. The molecular formula is C14H19N3O2. The fourth-order valence-electron chi connectivity index (χ4n) is 2.06. The predicted octanol–water partition coefficient (Wildman–Crippen LogP) is 1.52. The van der Waals surface area contributed by atoms with Crippen molar-refractivity contribution in [2.24, 2.45) is 7.05 Å². The van der Waals surface area contributed by atoms with Crippen LogP contribution in [0.2, 0.25) is 0 Å². The molecule has 0 aliphatic heterocycles. The van der Waals surface area contributed by atoms with Crippen molar-refractivity contribution in [3.05, 3.63) is 30.1 Å². The molecule has 0 spiro atoms. The Hall–Kier alpha value is -1.88. The van der Waals surface area contributed by atoms with Crippen molar-refractivity contribution in [2.45, 2.75) is 12.8 Å². The first-order chi connectivity index (χ1) is 9.06. The number of hydrogen-bond donors (Lipinski definition) is 1. The minimum atomic E-state index is -0.748. The number of carboxylic acid groups (broad SMARTS) is 1. The summed E-state index contributed by atoms with van der Waals surface area (Å²) in [6.45, 7) is 1.44. The van der Waals surface area contributed by atoms with Crippen LogP contribution in [0.3, 0.4) is 0 Å². The maximum absolute atomic E-state index is 10.5. The number of benzene rings is 1. The molecule has 2 aromatic rings. The number of aliphatic carboxylic acids is 1. The van der Waals surface area contributed by atoms with E-state index >= 15 is 0 Å². The van der Waals surface area contributed by atoms with Gasteiger partial charge in [0, 0.05) is 20.1 Å². The number of likely N-dealkylation sites (N-methyl/N-ethyl adjacent to an activating group) is 1. The van der Waals surface area contributed by atoms with E-state index in [-0.39, 0.29) is 6.42 Å². The second-order valence-corrected chi connectivity index (χ2v) is 4.88. The third-order valence-corrected chi connectivity index (χ3v) is 3.28. The molecule has 0 aliphatic rings. The Labute approximate surface area is 112 Å². The highest BCUT2D eigenvalue weighted by atomic mass is 16.4. The zero-order valence-corrected chi connectivity index (χ0v) is 11.3. The Kier molecular flexibility index (Phi) is 4.16. The van der Waals surface area contributed by atoms with E-state index in [1.807, 2.05) is 29.9 Å². The largest absolute Gasteiger partial charge is 0.481 e. The molecule has 0 unspecified atom stereocenters. The smallest absolute Gasteiger partial charge is 0.304 e. The minimum Gasteiger partial charge on any atom is -0.481 e. The van der Waals surface area contributed by atoms with Crippen LogP contribution in [0.25, 0.3) is 11.0 Å². The molecule has 19 heavy (non-hydrogen) atoms. The lowest BCUT2D eigenvalue weighted by Crippen LogP contribution is -2.24. The van der Waals surface area contributed by atoms with Crippen LogP contribution in [0.5, 0.6) is 0 Å². The molecule has 0 radical (unpaired) electrons. The molecule has 5 nitrogen and oxygen atoms in total. The molecule has 0 amide bonds. The van der Waals surface area contributed by atoms with Crippen molar-refractivity contribution in [3.8, 4) is 0 Å². The standard InChI is InChI=1S/C14H19N3O2/c1-16(8-6-14(18)19)7-5-11-3-4-13-12(9-11)15-10-17(13)2/h3-4,9-10H,5-8H2,1-2H3,(H,18,19). The molecule has 0 saturated heterocycles. The second kappa shape index (κ2) is 5.84. The SMILES string of the molecule is CN(CCC(=O)O)CCc1ccc2c(c1)ncn2C. The topological polar surface area (TPSA) is 58.4 Å². The normalized spacial score (nSPS) is 11.3. The first kappa shape index (κ1) is 13.5. The average molecular weight is 261 g/mol. The second-order valence-electron chi connectivity index (χ2n) is 4.88. The summed E-state index contributed by atoms with van der Waals surface area (Å²) in [5.41, 5.74) is 3.37. The molecule has 1 N–H and O–H groups in total. The molecule has 2 rings (SSSR count). The van der Waals surface area contributed by atoms with Crippen molar-refractivity contribution in [2.75, 3.05) is 20.1 Å². The van der Waals surface area contributed by atoms with Crippen LogP contribution in [0.4, 0.5) is 0 Å². The van der Waals surface area contributed by atoms with Gasteiger partial charge in [-0.05, 0) is 31.2 Å². The Balaban J connectivity index is 1.92. The highest BCUT2D eigenvalue weighted by molar-refractivity contribution is 5.75. The van der Waals surface area contributed by atoms with Crippen LogP contribution in [-0.2, 0) is 18.3 Å². The lowest BCUT2D eigenvalue weighted by molar-refractivity contribution is -0.137. The Morgan fingerprint density at radius 1 is 1.42 bits per heavy atom. The van der Waals surface area contributed by atoms with Crippen molar-refractivity contribution in [1.29, 1.82) is 0 Å². The number of fused-ring (bicyclic) bond motifs is 1. The number of carbonyl (C=O) groups is 1. The molecule has 0 bridgehead atoms. The van der Waals surface area contributed by atoms with Crippen molar-refractivity contribution in [3.63, 3.8) is 0 Å². The van der Waals surface area contributed by atoms with Gasteiger partial charge in [-0.2, -0.15) is 0 Å². The Bertz CT molecular complexity index is 577. The molecule has 0 atom stereocenters. The summed E-state index contributed by atoms with van der Waals surface area (Å²) in [5.74, 6) is -0.748. The van der Waals surface area contributed by atoms with Gasteiger partial charge in [-0.3, -0.25) is 4.79 Å². The van der Waals surface area contributed by atoms with Crippen molar-refractivity contribution < 1.29 is 9.90 Å². The van der Waals surface area contributed by atoms with Gasteiger partial charge in [-0.25, -0.2) is 4.98 Å². The van der Waals surface area contributed by atoms with Crippen LogP contribution in [0, 0.1) is 0 Å². The zero-order chi connectivity index (χ0) is 13.8. The van der Waals surface area contributed by atoms with Gasteiger partial charge in [0.1, 0.15) is 0 Å². The molecule has 102 valence electrons. The van der Waals surface area contributed by atoms with E-state index in [9.17, 15) is 4.79 Å². The number of imidazole rings is 1. The van der Waals surface area contributed by atoms with E-state index in [1.54, 1.807) is 0 Å². The summed E-state index contributed by atoms with van der Waals surface area (Å²) < 4.78 is 2.00. The predicted molar refractivity (Wildman–Crippen MR) is 74.2 cm³/mol. The summed E-state index contributed by atoms with van der Waals surface area (Å²) in [4.78, 5) is 16.9. The first-order valence-corrected chi connectivity index (χ1v) is 6.36. The molecule has 0 fully saturated rings. The van der Waals surface area contributed by atoms with Crippen LogP contribution in [0.1, 0.15) is 12.0 Å². The van der Waals surface area contributed by atoms with Gasteiger partial charge >= 0.3 is 5.97 Å².